The maximum Gasteiger partial charge on any atom is 0.317 e. The quantitative estimate of drug-likeness (QED) is 0.830. The molecular weight excluding hydrogens is 352 g/mol. The number of aliphatic carboxylic acids is 1. The fourth-order valence-electron chi connectivity index (χ4n) is 2.96. The van der Waals surface area contributed by atoms with Gasteiger partial charge in [-0.3, -0.25) is 14.6 Å². The summed E-state index contributed by atoms with van der Waals surface area (Å²) in [5.74, 6) is -0.725. The highest BCUT2D eigenvalue weighted by Crippen LogP contribution is 2.29. The van der Waals surface area contributed by atoms with Crippen LogP contribution in [-0.2, 0) is 11.3 Å². The SMILES string of the molecule is CCN(CC(=O)O)C1CCN(Cc2sc(C)cc2Br)CC1. The van der Waals surface area contributed by atoms with E-state index >= 15 is 0 Å². The zero-order valence-corrected chi connectivity index (χ0v) is 15.0. The molecule has 1 fully saturated rings. The highest BCUT2D eigenvalue weighted by atomic mass is 79.9. The van der Waals surface area contributed by atoms with Crippen molar-refractivity contribution in [1.29, 1.82) is 0 Å². The summed E-state index contributed by atoms with van der Waals surface area (Å²) < 4.78 is 1.22. The zero-order chi connectivity index (χ0) is 15.4. The van der Waals surface area contributed by atoms with Gasteiger partial charge >= 0.3 is 5.97 Å². The Morgan fingerprint density at radius 2 is 2.19 bits per heavy atom. The van der Waals surface area contributed by atoms with Gasteiger partial charge in [-0.1, -0.05) is 6.92 Å². The van der Waals surface area contributed by atoms with Crippen molar-refractivity contribution in [3.8, 4) is 0 Å². The van der Waals surface area contributed by atoms with Crippen LogP contribution in [0.15, 0.2) is 10.5 Å². The molecule has 2 rings (SSSR count). The first-order valence-corrected chi connectivity index (χ1v) is 9.03. The first-order chi connectivity index (χ1) is 9.99. The Hall–Kier alpha value is -0.430. The minimum absolute atomic E-state index is 0.164. The van der Waals surface area contributed by atoms with Gasteiger partial charge in [0.15, 0.2) is 0 Å². The lowest BCUT2D eigenvalue weighted by atomic mass is 10.0. The fourth-order valence-corrected chi connectivity index (χ4v) is 4.79. The standard InChI is InChI=1S/C15H23BrN2O2S/c1-3-18(10-15(19)20)12-4-6-17(7-5-12)9-14-13(16)8-11(2)21-14/h8,12H,3-7,9-10H2,1-2H3,(H,19,20). The van der Waals surface area contributed by atoms with Gasteiger partial charge in [0.2, 0.25) is 0 Å². The van der Waals surface area contributed by atoms with Crippen LogP contribution in [-0.4, -0.2) is 53.1 Å². The second-order valence-corrected chi connectivity index (χ2v) is 7.79. The minimum atomic E-state index is -0.725. The first-order valence-electron chi connectivity index (χ1n) is 7.42. The van der Waals surface area contributed by atoms with Gasteiger partial charge in [0, 0.05) is 39.9 Å². The molecule has 4 nitrogen and oxygen atoms in total. The molecule has 0 bridgehead atoms. The third-order valence-corrected chi connectivity index (χ3v) is 6.07. The highest BCUT2D eigenvalue weighted by Gasteiger charge is 2.25. The smallest absolute Gasteiger partial charge is 0.317 e. The zero-order valence-electron chi connectivity index (χ0n) is 12.6. The van der Waals surface area contributed by atoms with Gasteiger partial charge < -0.3 is 5.11 Å². The molecular formula is C15H23BrN2O2S. The van der Waals surface area contributed by atoms with Gasteiger partial charge in [-0.25, -0.2) is 0 Å². The van der Waals surface area contributed by atoms with Gasteiger partial charge in [-0.05, 0) is 48.3 Å². The summed E-state index contributed by atoms with van der Waals surface area (Å²) in [6.07, 6.45) is 2.12. The number of hydrogen-bond donors (Lipinski definition) is 1. The van der Waals surface area contributed by atoms with E-state index in [1.165, 1.54) is 14.2 Å². The van der Waals surface area contributed by atoms with Crippen LogP contribution in [0.25, 0.3) is 0 Å². The molecule has 0 radical (unpaired) electrons. The van der Waals surface area contributed by atoms with Gasteiger partial charge in [0.1, 0.15) is 0 Å². The summed E-state index contributed by atoms with van der Waals surface area (Å²) in [4.78, 5) is 18.2. The molecule has 0 atom stereocenters. The Morgan fingerprint density at radius 1 is 1.52 bits per heavy atom. The first kappa shape index (κ1) is 16.9. The molecule has 0 spiro atoms. The van der Waals surface area contributed by atoms with E-state index in [9.17, 15) is 4.79 Å². The third-order valence-electron chi connectivity index (χ3n) is 4.07. The van der Waals surface area contributed by atoms with Crippen molar-refractivity contribution >= 4 is 33.2 Å². The van der Waals surface area contributed by atoms with Crippen molar-refractivity contribution in [3.05, 3.63) is 20.3 Å². The lowest BCUT2D eigenvalue weighted by molar-refractivity contribution is -0.139. The number of thiophene rings is 1. The number of halogens is 1. The Labute approximate surface area is 138 Å². The van der Waals surface area contributed by atoms with E-state index in [4.69, 9.17) is 5.11 Å². The number of aryl methyl sites for hydroxylation is 1. The molecule has 21 heavy (non-hydrogen) atoms. The number of nitrogens with zero attached hydrogens (tertiary/aromatic N) is 2. The molecule has 0 saturated carbocycles. The molecule has 6 heteroatoms. The molecule has 2 heterocycles. The number of likely N-dealkylation sites (tertiary alicyclic amines) is 1. The average molecular weight is 375 g/mol. The third kappa shape index (κ3) is 4.77. The molecule has 118 valence electrons. The summed E-state index contributed by atoms with van der Waals surface area (Å²) in [7, 11) is 0. The van der Waals surface area contributed by atoms with Crippen molar-refractivity contribution in [2.75, 3.05) is 26.2 Å². The lowest BCUT2D eigenvalue weighted by Crippen LogP contribution is -2.46. The van der Waals surface area contributed by atoms with Crippen molar-refractivity contribution in [3.63, 3.8) is 0 Å². The van der Waals surface area contributed by atoms with E-state index in [0.29, 0.717) is 6.04 Å². The van der Waals surface area contributed by atoms with Crippen LogP contribution < -0.4 is 0 Å². The molecule has 0 aliphatic carbocycles. The fraction of sp³-hybridized carbons (Fsp3) is 0.667. The normalized spacial score (nSPS) is 17.5. The van der Waals surface area contributed by atoms with Gasteiger partial charge in [-0.15, -0.1) is 11.3 Å². The van der Waals surface area contributed by atoms with Gasteiger partial charge in [-0.2, -0.15) is 0 Å². The number of rotatable bonds is 6. The van der Waals surface area contributed by atoms with Crippen LogP contribution in [0, 0.1) is 6.92 Å². The monoisotopic (exact) mass is 374 g/mol. The lowest BCUT2D eigenvalue weighted by Gasteiger charge is -2.37. The van der Waals surface area contributed by atoms with Crippen LogP contribution in [0.5, 0.6) is 0 Å². The molecule has 1 aliphatic heterocycles. The Bertz CT molecular complexity index is 484. The molecule has 1 saturated heterocycles. The van der Waals surface area contributed by atoms with Gasteiger partial charge in [0.25, 0.3) is 0 Å². The Morgan fingerprint density at radius 3 is 2.67 bits per heavy atom. The predicted molar refractivity (Wildman–Crippen MR) is 89.9 cm³/mol. The van der Waals surface area contributed by atoms with E-state index in [1.54, 1.807) is 0 Å². The van der Waals surface area contributed by atoms with E-state index in [1.807, 2.05) is 18.3 Å². The van der Waals surface area contributed by atoms with E-state index in [2.05, 4.69) is 38.7 Å². The number of piperidine rings is 1. The molecule has 1 aromatic rings. The van der Waals surface area contributed by atoms with Crippen molar-refractivity contribution in [2.24, 2.45) is 0 Å². The number of carboxylic acid groups (broad SMARTS) is 1. The number of carbonyl (C=O) groups is 1. The van der Waals surface area contributed by atoms with Crippen molar-refractivity contribution in [1.82, 2.24) is 9.80 Å². The van der Waals surface area contributed by atoms with Crippen LogP contribution in [0.4, 0.5) is 0 Å². The molecule has 0 unspecified atom stereocenters. The second kappa shape index (κ2) is 7.72. The highest BCUT2D eigenvalue weighted by molar-refractivity contribution is 9.10. The Kier molecular flexibility index (Phi) is 6.22. The van der Waals surface area contributed by atoms with E-state index in [-0.39, 0.29) is 6.54 Å². The number of hydrogen-bond acceptors (Lipinski definition) is 4. The summed E-state index contributed by atoms with van der Waals surface area (Å²) in [5.41, 5.74) is 0. The summed E-state index contributed by atoms with van der Waals surface area (Å²) in [5, 5.41) is 8.97. The van der Waals surface area contributed by atoms with Crippen molar-refractivity contribution in [2.45, 2.75) is 39.3 Å². The summed E-state index contributed by atoms with van der Waals surface area (Å²) in [6.45, 7) is 8.24. The van der Waals surface area contributed by atoms with Crippen LogP contribution in [0.2, 0.25) is 0 Å². The summed E-state index contributed by atoms with van der Waals surface area (Å²) in [6, 6.07) is 2.59. The topological polar surface area (TPSA) is 43.8 Å². The van der Waals surface area contributed by atoms with Crippen LogP contribution in [0.3, 0.4) is 0 Å². The second-order valence-electron chi connectivity index (χ2n) is 5.59. The number of likely N-dealkylation sites (N-methyl/N-ethyl adjacent to an activating group) is 1. The molecule has 0 aromatic carbocycles. The minimum Gasteiger partial charge on any atom is -0.480 e. The van der Waals surface area contributed by atoms with Crippen molar-refractivity contribution < 1.29 is 9.90 Å². The Balaban J connectivity index is 1.85. The molecule has 1 N–H and O–H groups in total. The average Bonchev–Trinajstić information content (AvgIpc) is 2.75. The summed E-state index contributed by atoms with van der Waals surface area (Å²) >= 11 is 5.48. The largest absolute Gasteiger partial charge is 0.480 e. The van der Waals surface area contributed by atoms with E-state index < -0.39 is 5.97 Å². The predicted octanol–water partition coefficient (Wildman–Crippen LogP) is 3.19. The maximum absolute atomic E-state index is 10.9. The van der Waals surface area contributed by atoms with Crippen LogP contribution >= 0.6 is 27.3 Å². The molecule has 1 aromatic heterocycles. The number of carboxylic acids is 1. The maximum atomic E-state index is 10.9. The molecule has 1 aliphatic rings. The molecule has 0 amide bonds. The van der Waals surface area contributed by atoms with Gasteiger partial charge in [0.05, 0.1) is 6.54 Å². The van der Waals surface area contributed by atoms with E-state index in [0.717, 1.165) is 39.0 Å². The van der Waals surface area contributed by atoms with Crippen LogP contribution in [0.1, 0.15) is 29.5 Å².